The molecular weight excluding hydrogens is 368 g/mol. The Balaban J connectivity index is 1.35. The third kappa shape index (κ3) is 2.90. The molecule has 6 heteroatoms. The molecule has 0 N–H and O–H groups in total. The summed E-state index contributed by atoms with van der Waals surface area (Å²) < 4.78 is 11.7. The van der Waals surface area contributed by atoms with Gasteiger partial charge in [0.15, 0.2) is 17.8 Å². The van der Waals surface area contributed by atoms with Crippen molar-refractivity contribution in [1.82, 2.24) is 9.88 Å². The van der Waals surface area contributed by atoms with Gasteiger partial charge in [0, 0.05) is 31.5 Å². The monoisotopic (exact) mass is 390 g/mol. The minimum absolute atomic E-state index is 0.0284. The van der Waals surface area contributed by atoms with Crippen LogP contribution in [0.2, 0.25) is 0 Å². The third-order valence-electron chi connectivity index (χ3n) is 6.32. The molecule has 0 aliphatic carbocycles. The summed E-state index contributed by atoms with van der Waals surface area (Å²) in [4.78, 5) is 31.7. The number of likely N-dealkylation sites (tertiary alicyclic amines) is 1. The number of aryl methyl sites for hydroxylation is 1. The Bertz CT molecular complexity index is 1140. The minimum Gasteiger partial charge on any atom is -0.486 e. The van der Waals surface area contributed by atoms with Crippen molar-refractivity contribution in [3.05, 3.63) is 59.0 Å². The molecule has 148 valence electrons. The van der Waals surface area contributed by atoms with Crippen LogP contribution in [0.25, 0.3) is 11.1 Å². The molecule has 0 saturated carbocycles. The molecule has 0 atom stereocenters. The van der Waals surface area contributed by atoms with Crippen molar-refractivity contribution >= 4 is 22.8 Å². The maximum atomic E-state index is 13.0. The van der Waals surface area contributed by atoms with E-state index in [1.54, 1.807) is 18.2 Å². The van der Waals surface area contributed by atoms with Gasteiger partial charge in [0.25, 0.3) is 5.91 Å². The van der Waals surface area contributed by atoms with E-state index in [1.807, 2.05) is 30.9 Å². The van der Waals surface area contributed by atoms with Gasteiger partial charge in [0.2, 0.25) is 0 Å². The molecule has 5 rings (SSSR count). The number of nitrogens with zero attached hydrogens (tertiary/aromatic N) is 2. The topological polar surface area (TPSA) is 72.6 Å². The average molecular weight is 390 g/mol. The smallest absolute Gasteiger partial charge is 0.253 e. The van der Waals surface area contributed by atoms with Gasteiger partial charge >= 0.3 is 0 Å². The second kappa shape index (κ2) is 6.44. The summed E-state index contributed by atoms with van der Waals surface area (Å²) in [6.07, 6.45) is 3.03. The Hall–Kier alpha value is -3.15. The Morgan fingerprint density at radius 3 is 2.72 bits per heavy atom. The molecule has 29 heavy (non-hydrogen) atoms. The van der Waals surface area contributed by atoms with E-state index in [0.717, 1.165) is 16.9 Å². The fourth-order valence-electron chi connectivity index (χ4n) is 4.35. The van der Waals surface area contributed by atoms with Gasteiger partial charge in [-0.05, 0) is 49.2 Å². The van der Waals surface area contributed by atoms with E-state index in [9.17, 15) is 9.59 Å². The number of fused-ring (bicyclic) bond motifs is 2. The molecule has 1 amide bonds. The highest BCUT2D eigenvalue weighted by Crippen LogP contribution is 2.41. The van der Waals surface area contributed by atoms with Gasteiger partial charge in [-0.3, -0.25) is 9.59 Å². The number of amides is 1. The Morgan fingerprint density at radius 1 is 1.14 bits per heavy atom. The molecule has 6 nitrogen and oxygen atoms in total. The number of rotatable bonds is 1. The van der Waals surface area contributed by atoms with Crippen molar-refractivity contribution in [3.8, 4) is 5.75 Å². The Morgan fingerprint density at radius 2 is 1.93 bits per heavy atom. The van der Waals surface area contributed by atoms with Crippen LogP contribution >= 0.6 is 0 Å². The lowest BCUT2D eigenvalue weighted by Gasteiger charge is -2.44. The first-order chi connectivity index (χ1) is 14.0. The first-order valence-corrected chi connectivity index (χ1v) is 9.91. The van der Waals surface area contributed by atoms with Crippen molar-refractivity contribution in [3.63, 3.8) is 0 Å². The molecule has 0 radical (unpaired) electrons. The van der Waals surface area contributed by atoms with Crippen LogP contribution in [0, 0.1) is 13.8 Å². The van der Waals surface area contributed by atoms with E-state index >= 15 is 0 Å². The van der Waals surface area contributed by atoms with E-state index < -0.39 is 5.60 Å². The van der Waals surface area contributed by atoms with Gasteiger partial charge in [0.05, 0.1) is 12.0 Å². The molecule has 0 bridgehead atoms. The third-order valence-corrected chi connectivity index (χ3v) is 6.32. The highest BCUT2D eigenvalue weighted by atomic mass is 16.5. The molecule has 1 aromatic heterocycles. The molecule has 1 fully saturated rings. The largest absolute Gasteiger partial charge is 0.486 e. The number of hydrogen-bond donors (Lipinski definition) is 0. The molecule has 3 heterocycles. The van der Waals surface area contributed by atoms with Crippen LogP contribution in [0.15, 0.2) is 41.1 Å². The standard InChI is InChI=1S/C23H22N2O4/c1-14-3-5-17-19(26)12-23(29-21(17)15(14)2)7-9-25(10-8-23)22(27)16-4-6-20-18(11-16)24-13-28-20/h3-6,11,13H,7-10,12H2,1-2H3. The number of ketones is 1. The first-order valence-electron chi connectivity index (χ1n) is 9.91. The highest BCUT2D eigenvalue weighted by Gasteiger charge is 2.44. The normalized spacial score (nSPS) is 18.0. The first kappa shape index (κ1) is 17.9. The quantitative estimate of drug-likeness (QED) is 0.626. The van der Waals surface area contributed by atoms with E-state index in [-0.39, 0.29) is 11.7 Å². The number of oxazole rings is 1. The zero-order valence-corrected chi connectivity index (χ0v) is 16.5. The van der Waals surface area contributed by atoms with Crippen molar-refractivity contribution in [2.45, 2.75) is 38.7 Å². The van der Waals surface area contributed by atoms with Crippen molar-refractivity contribution < 1.29 is 18.7 Å². The molecule has 0 unspecified atom stereocenters. The number of aromatic nitrogens is 1. The van der Waals surface area contributed by atoms with Crippen LogP contribution in [0.4, 0.5) is 0 Å². The van der Waals surface area contributed by atoms with Crippen molar-refractivity contribution in [2.75, 3.05) is 13.1 Å². The molecular formula is C23H22N2O4. The number of carbonyl (C=O) groups excluding carboxylic acids is 2. The van der Waals surface area contributed by atoms with E-state index in [2.05, 4.69) is 4.98 Å². The van der Waals surface area contributed by atoms with Crippen LogP contribution in [0.5, 0.6) is 5.75 Å². The molecule has 2 aliphatic heterocycles. The van der Waals surface area contributed by atoms with Gasteiger partial charge in [-0.2, -0.15) is 0 Å². The SMILES string of the molecule is Cc1ccc2c(c1C)OC1(CCN(C(=O)c3ccc4ocnc4c3)CC1)CC2=O. The van der Waals surface area contributed by atoms with Crippen LogP contribution in [0.1, 0.15) is 51.1 Å². The number of piperidine rings is 1. The number of Topliss-reactive ketones (excluding diaryl/α,β-unsaturated/α-hetero) is 1. The van der Waals surface area contributed by atoms with Gasteiger partial charge in [-0.15, -0.1) is 0 Å². The van der Waals surface area contributed by atoms with E-state index in [0.29, 0.717) is 54.6 Å². The van der Waals surface area contributed by atoms with E-state index in [1.165, 1.54) is 6.39 Å². The second-order valence-corrected chi connectivity index (χ2v) is 8.10. The predicted molar refractivity (Wildman–Crippen MR) is 107 cm³/mol. The van der Waals surface area contributed by atoms with Crippen LogP contribution in [0.3, 0.4) is 0 Å². The molecule has 1 saturated heterocycles. The highest BCUT2D eigenvalue weighted by molar-refractivity contribution is 6.01. The van der Waals surface area contributed by atoms with Crippen LogP contribution in [-0.4, -0.2) is 40.3 Å². The maximum Gasteiger partial charge on any atom is 0.253 e. The summed E-state index contributed by atoms with van der Waals surface area (Å²) in [5.41, 5.74) is 4.23. The lowest BCUT2D eigenvalue weighted by molar-refractivity contribution is -0.00619. The van der Waals surface area contributed by atoms with Crippen LogP contribution < -0.4 is 4.74 Å². The second-order valence-electron chi connectivity index (χ2n) is 8.10. The summed E-state index contributed by atoms with van der Waals surface area (Å²) >= 11 is 0. The fourth-order valence-corrected chi connectivity index (χ4v) is 4.35. The average Bonchev–Trinajstić information content (AvgIpc) is 3.19. The lowest BCUT2D eigenvalue weighted by Crippen LogP contribution is -2.52. The van der Waals surface area contributed by atoms with Crippen molar-refractivity contribution in [2.24, 2.45) is 0 Å². The lowest BCUT2D eigenvalue weighted by atomic mass is 9.81. The van der Waals surface area contributed by atoms with Gasteiger partial charge in [0.1, 0.15) is 16.9 Å². The van der Waals surface area contributed by atoms with Gasteiger partial charge < -0.3 is 14.1 Å². The number of ether oxygens (including phenoxy) is 1. The zero-order chi connectivity index (χ0) is 20.2. The Kier molecular flexibility index (Phi) is 3.98. The summed E-state index contributed by atoms with van der Waals surface area (Å²) in [6, 6.07) is 9.13. The number of hydrogen-bond acceptors (Lipinski definition) is 5. The molecule has 2 aliphatic rings. The Labute approximate surface area is 168 Å². The summed E-state index contributed by atoms with van der Waals surface area (Å²) in [7, 11) is 0. The summed E-state index contributed by atoms with van der Waals surface area (Å²) in [6.45, 7) is 5.14. The zero-order valence-electron chi connectivity index (χ0n) is 16.5. The summed E-state index contributed by atoms with van der Waals surface area (Å²) in [5.74, 6) is 0.822. The number of benzene rings is 2. The molecule has 3 aromatic rings. The van der Waals surface area contributed by atoms with E-state index in [4.69, 9.17) is 9.15 Å². The molecule has 2 aromatic carbocycles. The van der Waals surface area contributed by atoms with Gasteiger partial charge in [-0.25, -0.2) is 4.98 Å². The number of carbonyl (C=O) groups is 2. The van der Waals surface area contributed by atoms with Crippen molar-refractivity contribution in [1.29, 1.82) is 0 Å². The van der Waals surface area contributed by atoms with Gasteiger partial charge in [-0.1, -0.05) is 6.07 Å². The summed E-state index contributed by atoms with van der Waals surface area (Å²) in [5, 5.41) is 0. The predicted octanol–water partition coefficient (Wildman–Crippen LogP) is 4.08. The van der Waals surface area contributed by atoms with Crippen LogP contribution in [-0.2, 0) is 0 Å². The molecule has 1 spiro atoms. The fraction of sp³-hybridized carbons (Fsp3) is 0.348. The minimum atomic E-state index is -0.518. The maximum absolute atomic E-state index is 13.0.